The number of nitrogen functional groups attached to an aromatic ring is 1. The number of pyridine rings is 1. The van der Waals surface area contributed by atoms with E-state index in [1.165, 1.54) is 18.2 Å². The van der Waals surface area contributed by atoms with Crippen LogP contribution in [0.25, 0.3) is 22.2 Å². The van der Waals surface area contributed by atoms with Gasteiger partial charge in [0.2, 0.25) is 0 Å². The molecule has 11 heteroatoms. The maximum atomic E-state index is 15.5. The molecule has 220 valence electrons. The lowest BCUT2D eigenvalue weighted by Crippen LogP contribution is -2.51. The molecule has 2 aliphatic carbocycles. The number of benzene rings is 2. The fourth-order valence-corrected chi connectivity index (χ4v) is 7.66. The van der Waals surface area contributed by atoms with Gasteiger partial charge in [-0.05, 0) is 80.7 Å². The summed E-state index contributed by atoms with van der Waals surface area (Å²) in [5, 5.41) is 9.43. The number of nitrogens with two attached hydrogens (primary N) is 1. The van der Waals surface area contributed by atoms with E-state index in [1.54, 1.807) is 31.2 Å². The summed E-state index contributed by atoms with van der Waals surface area (Å²) in [5.41, 5.74) is 10.2. The molecular weight excluding hydrogens is 555 g/mol. The molecule has 1 saturated heterocycles. The summed E-state index contributed by atoms with van der Waals surface area (Å²) < 4.78 is 51.2. The molecule has 4 N–H and O–H groups in total. The lowest BCUT2D eigenvalue weighted by Gasteiger charge is -2.35. The van der Waals surface area contributed by atoms with Gasteiger partial charge < -0.3 is 15.8 Å². The Morgan fingerprint density at radius 3 is 2.45 bits per heavy atom. The normalized spacial score (nSPS) is 21.4. The predicted octanol–water partition coefficient (Wildman–Crippen LogP) is 5.28. The van der Waals surface area contributed by atoms with Crippen LogP contribution >= 0.6 is 0 Å². The number of sulfonamides is 1. The Morgan fingerprint density at radius 1 is 1.02 bits per heavy atom. The minimum Gasteiger partial charge on any atom is -0.383 e. The molecule has 0 atom stereocenters. The van der Waals surface area contributed by atoms with Gasteiger partial charge in [-0.15, -0.1) is 0 Å². The summed E-state index contributed by atoms with van der Waals surface area (Å²) in [5.74, 6) is 0.0122. The Balaban J connectivity index is 1.21. The van der Waals surface area contributed by atoms with E-state index < -0.39 is 15.8 Å². The first kappa shape index (κ1) is 27.3. The Kier molecular flexibility index (Phi) is 6.91. The van der Waals surface area contributed by atoms with Gasteiger partial charge in [0.05, 0.1) is 46.8 Å². The summed E-state index contributed by atoms with van der Waals surface area (Å²) in [7, 11) is -3.96. The van der Waals surface area contributed by atoms with Crippen molar-refractivity contribution in [2.24, 2.45) is 0 Å². The first-order valence-corrected chi connectivity index (χ1v) is 16.2. The third-order valence-electron chi connectivity index (χ3n) is 8.82. The Hall–Kier alpha value is -3.54. The molecule has 3 aliphatic rings. The summed E-state index contributed by atoms with van der Waals surface area (Å²) in [4.78, 5) is 4.70. The third-order valence-corrected chi connectivity index (χ3v) is 10.3. The molecule has 2 aromatic heterocycles. The quantitative estimate of drug-likeness (QED) is 0.255. The lowest BCUT2D eigenvalue weighted by atomic mass is 9.81. The monoisotopic (exact) mass is 590 g/mol. The van der Waals surface area contributed by atoms with Crippen molar-refractivity contribution in [3.8, 4) is 11.3 Å². The molecule has 1 aliphatic heterocycles. The molecule has 0 radical (unpaired) electrons. The van der Waals surface area contributed by atoms with Gasteiger partial charge in [-0.25, -0.2) is 17.8 Å². The molecule has 7 rings (SSSR count). The van der Waals surface area contributed by atoms with Gasteiger partial charge >= 0.3 is 0 Å². The second kappa shape index (κ2) is 10.6. The molecule has 2 aromatic carbocycles. The summed E-state index contributed by atoms with van der Waals surface area (Å²) >= 11 is 0. The fraction of sp³-hybridized carbons (Fsp3) is 0.419. The smallest absolute Gasteiger partial charge is 0.262 e. The maximum absolute atomic E-state index is 15.5. The Bertz CT molecular complexity index is 1760. The van der Waals surface area contributed by atoms with Gasteiger partial charge in [-0.2, -0.15) is 5.10 Å². The Labute approximate surface area is 244 Å². The number of halogens is 1. The number of aryl methyl sites for hydroxylation is 1. The second-order valence-electron chi connectivity index (χ2n) is 11.9. The second-order valence-corrected chi connectivity index (χ2v) is 13.5. The van der Waals surface area contributed by atoms with Gasteiger partial charge in [0, 0.05) is 17.8 Å². The first-order valence-electron chi connectivity index (χ1n) is 14.7. The zero-order valence-corrected chi connectivity index (χ0v) is 24.3. The van der Waals surface area contributed by atoms with Crippen molar-refractivity contribution < 1.29 is 17.5 Å². The highest BCUT2D eigenvalue weighted by atomic mass is 32.2. The molecule has 3 heterocycles. The molecule has 0 unspecified atom stereocenters. The number of fused-ring (bicyclic) bond motifs is 1. The van der Waals surface area contributed by atoms with Crippen LogP contribution in [0.1, 0.15) is 61.6 Å². The van der Waals surface area contributed by atoms with Crippen molar-refractivity contribution in [3.63, 3.8) is 0 Å². The number of anilines is 2. The van der Waals surface area contributed by atoms with Crippen LogP contribution in [-0.2, 0) is 14.8 Å². The van der Waals surface area contributed by atoms with Crippen molar-refractivity contribution in [2.45, 2.75) is 74.4 Å². The molecule has 2 saturated carbocycles. The van der Waals surface area contributed by atoms with E-state index in [4.69, 9.17) is 15.6 Å². The average Bonchev–Trinajstić information content (AvgIpc) is 3.72. The molecule has 4 aromatic rings. The topological polar surface area (TPSA) is 124 Å². The number of nitrogens with one attached hydrogen (secondary N) is 2. The van der Waals surface area contributed by atoms with Crippen molar-refractivity contribution in [2.75, 3.05) is 23.7 Å². The van der Waals surface area contributed by atoms with E-state index in [0.717, 1.165) is 68.2 Å². The van der Waals surface area contributed by atoms with Crippen LogP contribution in [-0.4, -0.2) is 48.5 Å². The Morgan fingerprint density at radius 2 is 1.79 bits per heavy atom. The molecule has 0 amide bonds. The van der Waals surface area contributed by atoms with Crippen LogP contribution in [0.5, 0.6) is 0 Å². The molecule has 3 fully saturated rings. The highest BCUT2D eigenvalue weighted by Gasteiger charge is 2.33. The number of ether oxygens (including phenoxy) is 1. The van der Waals surface area contributed by atoms with Crippen LogP contribution in [0.15, 0.2) is 53.6 Å². The maximum Gasteiger partial charge on any atom is 0.262 e. The van der Waals surface area contributed by atoms with Gasteiger partial charge in [0.25, 0.3) is 10.0 Å². The highest BCUT2D eigenvalue weighted by molar-refractivity contribution is 7.92. The van der Waals surface area contributed by atoms with E-state index in [-0.39, 0.29) is 16.6 Å². The highest BCUT2D eigenvalue weighted by Crippen LogP contribution is 2.45. The standard InChI is InChI=1S/C31H35FN6O3S/c1-18-4-2-3-5-27(18)42(39,40)37-26-13-8-20(14-25(26)32)29-28-30(38(36-29)23-11-12-23)24(15-34-31(28)33)19-6-9-21(10-7-19)35-22-16-41-17-22/h2-5,8,13-15,19,21-23,35,37H,6-7,9-12,16-17H2,1H3,(H2,33,34). The summed E-state index contributed by atoms with van der Waals surface area (Å²) in [6, 6.07) is 12.3. The zero-order valence-electron chi connectivity index (χ0n) is 23.5. The van der Waals surface area contributed by atoms with Crippen LogP contribution in [0.4, 0.5) is 15.9 Å². The third kappa shape index (κ3) is 5.03. The van der Waals surface area contributed by atoms with Crippen LogP contribution in [0, 0.1) is 12.7 Å². The van der Waals surface area contributed by atoms with Crippen molar-refractivity contribution in [1.82, 2.24) is 20.1 Å². The van der Waals surface area contributed by atoms with Gasteiger partial charge in [0.1, 0.15) is 17.3 Å². The number of aromatic nitrogens is 3. The molecule has 0 spiro atoms. The summed E-state index contributed by atoms with van der Waals surface area (Å²) in [6.45, 7) is 3.30. The van der Waals surface area contributed by atoms with E-state index >= 15 is 4.39 Å². The van der Waals surface area contributed by atoms with Gasteiger partial charge in [0.15, 0.2) is 0 Å². The average molecular weight is 591 g/mol. The summed E-state index contributed by atoms with van der Waals surface area (Å²) in [6.07, 6.45) is 8.23. The number of hydrogen-bond donors (Lipinski definition) is 3. The van der Waals surface area contributed by atoms with Crippen LogP contribution in [0.2, 0.25) is 0 Å². The zero-order chi connectivity index (χ0) is 29.0. The lowest BCUT2D eigenvalue weighted by molar-refractivity contribution is -0.0121. The number of nitrogens with zero attached hydrogens (tertiary/aromatic N) is 3. The van der Waals surface area contributed by atoms with E-state index in [1.807, 2.05) is 6.20 Å². The van der Waals surface area contributed by atoms with Crippen molar-refractivity contribution in [1.29, 1.82) is 0 Å². The van der Waals surface area contributed by atoms with E-state index in [9.17, 15) is 8.42 Å². The van der Waals surface area contributed by atoms with E-state index in [0.29, 0.717) is 40.6 Å². The van der Waals surface area contributed by atoms with Crippen molar-refractivity contribution in [3.05, 3.63) is 65.6 Å². The van der Waals surface area contributed by atoms with Gasteiger partial charge in [-0.3, -0.25) is 9.40 Å². The minimum atomic E-state index is -3.96. The van der Waals surface area contributed by atoms with Gasteiger partial charge in [-0.1, -0.05) is 24.3 Å². The number of hydrogen-bond acceptors (Lipinski definition) is 7. The minimum absolute atomic E-state index is 0.107. The molecular formula is C31H35FN6O3S. The van der Waals surface area contributed by atoms with Crippen LogP contribution < -0.4 is 15.8 Å². The fourth-order valence-electron chi connectivity index (χ4n) is 6.34. The SMILES string of the molecule is Cc1ccccc1S(=O)(=O)Nc1ccc(-c2nn(C3CC3)c3c(C4CCC(NC5COC5)CC4)cnc(N)c23)cc1F. The molecule has 0 bridgehead atoms. The first-order chi connectivity index (χ1) is 20.3. The van der Waals surface area contributed by atoms with Crippen molar-refractivity contribution >= 4 is 32.4 Å². The van der Waals surface area contributed by atoms with Crippen LogP contribution in [0.3, 0.4) is 0 Å². The van der Waals surface area contributed by atoms with E-state index in [2.05, 4.69) is 19.7 Å². The molecule has 9 nitrogen and oxygen atoms in total. The largest absolute Gasteiger partial charge is 0.383 e. The predicted molar refractivity (Wildman–Crippen MR) is 160 cm³/mol. The number of rotatable bonds is 8. The molecule has 42 heavy (non-hydrogen) atoms.